The second kappa shape index (κ2) is 17.6. The van der Waals surface area contributed by atoms with Crippen LogP contribution in [0.15, 0.2) is 151 Å². The smallest absolute Gasteiger partial charge is 0.270 e. The number of fused-ring (bicyclic) bond motifs is 6. The lowest BCUT2D eigenvalue weighted by Crippen LogP contribution is -2.48. The number of carbonyl (C=O) groups excluding carboxylic acids is 2. The van der Waals surface area contributed by atoms with Crippen LogP contribution in [0.2, 0.25) is 0 Å². The monoisotopic (exact) mass is 962 g/mol. The highest BCUT2D eigenvalue weighted by Gasteiger charge is 2.45. The highest BCUT2D eigenvalue weighted by atomic mass is 32.2. The third-order valence-electron chi connectivity index (χ3n) is 12.2. The van der Waals surface area contributed by atoms with Crippen LogP contribution in [0.4, 0.5) is 28.9 Å². The molecular weight excluding hydrogens is 913 g/mol. The predicted molar refractivity (Wildman–Crippen MR) is 258 cm³/mol. The van der Waals surface area contributed by atoms with Crippen LogP contribution in [0.25, 0.3) is 0 Å². The predicted octanol–water partition coefficient (Wildman–Crippen LogP) is 10.3. The summed E-state index contributed by atoms with van der Waals surface area (Å²) in [6.07, 6.45) is 3.82. The van der Waals surface area contributed by atoms with Crippen molar-refractivity contribution in [2.24, 2.45) is 9.98 Å². The number of alkyl halides is 4. The van der Waals surface area contributed by atoms with Gasteiger partial charge in [0, 0.05) is 80.9 Å². The Morgan fingerprint density at radius 2 is 1.19 bits per heavy atom. The van der Waals surface area contributed by atoms with Gasteiger partial charge in [0.1, 0.15) is 15.8 Å². The number of aromatic nitrogens is 2. The third kappa shape index (κ3) is 8.89. The van der Waals surface area contributed by atoms with Crippen LogP contribution in [0.1, 0.15) is 77.6 Å². The van der Waals surface area contributed by atoms with Gasteiger partial charge in [-0.3, -0.25) is 19.4 Å². The molecule has 2 aromatic heterocycles. The highest BCUT2D eigenvalue weighted by molar-refractivity contribution is 7.99. The fourth-order valence-corrected chi connectivity index (χ4v) is 11.2. The minimum Gasteiger partial charge on any atom is -0.335 e. The Morgan fingerprint density at radius 3 is 1.76 bits per heavy atom. The molecule has 17 heteroatoms. The molecule has 68 heavy (non-hydrogen) atoms. The molecule has 0 bridgehead atoms. The fourth-order valence-electron chi connectivity index (χ4n) is 8.78. The van der Waals surface area contributed by atoms with Crippen molar-refractivity contribution in [3.05, 3.63) is 155 Å². The van der Waals surface area contributed by atoms with Crippen molar-refractivity contribution in [3.8, 4) is 0 Å². The van der Waals surface area contributed by atoms with Crippen molar-refractivity contribution in [1.29, 1.82) is 0 Å². The van der Waals surface area contributed by atoms with E-state index in [0.717, 1.165) is 40.6 Å². The summed E-state index contributed by atoms with van der Waals surface area (Å²) >= 11 is 1.53. The number of anilines is 2. The molecule has 0 N–H and O–H groups in total. The summed E-state index contributed by atoms with van der Waals surface area (Å²) in [5.41, 5.74) is 3.71. The third-order valence-corrected chi connectivity index (χ3v) is 14.8. The molecule has 4 aliphatic heterocycles. The number of halogens is 4. The summed E-state index contributed by atoms with van der Waals surface area (Å²) in [6.45, 7) is 9.82. The van der Waals surface area contributed by atoms with Crippen molar-refractivity contribution >= 4 is 57.7 Å². The van der Waals surface area contributed by atoms with E-state index >= 15 is 0 Å². The van der Waals surface area contributed by atoms with Gasteiger partial charge in [0.2, 0.25) is 11.9 Å². The summed E-state index contributed by atoms with van der Waals surface area (Å²) in [6, 6.07) is 31.4. The Kier molecular flexibility index (Phi) is 12.0. The number of rotatable bonds is 10. The van der Waals surface area contributed by atoms with Gasteiger partial charge in [-0.25, -0.2) is 31.8 Å². The van der Waals surface area contributed by atoms with Crippen molar-refractivity contribution in [2.75, 3.05) is 37.0 Å². The molecule has 4 aliphatic rings. The number of nitrogens with zero attached hydrogens (tertiary/aromatic N) is 8. The van der Waals surface area contributed by atoms with E-state index in [1.807, 2.05) is 79.0 Å². The van der Waals surface area contributed by atoms with Crippen LogP contribution >= 0.6 is 11.8 Å². The first-order valence-electron chi connectivity index (χ1n) is 22.1. The zero-order chi connectivity index (χ0) is 48.4. The number of guanidine groups is 2. The lowest BCUT2D eigenvalue weighted by Gasteiger charge is -2.32. The molecule has 11 nitrogen and oxygen atoms in total. The molecule has 2 atom stereocenters. The Labute approximate surface area is 399 Å². The van der Waals surface area contributed by atoms with Crippen molar-refractivity contribution < 1.29 is 31.4 Å². The average molecular weight is 963 g/mol. The van der Waals surface area contributed by atoms with Crippen LogP contribution in [0.5, 0.6) is 0 Å². The van der Waals surface area contributed by atoms with Gasteiger partial charge in [-0.1, -0.05) is 96.7 Å². The van der Waals surface area contributed by atoms with Gasteiger partial charge < -0.3 is 18.9 Å². The van der Waals surface area contributed by atoms with Crippen LogP contribution < -0.4 is 9.80 Å². The molecule has 0 aliphatic carbocycles. The van der Waals surface area contributed by atoms with E-state index in [1.54, 1.807) is 72.1 Å². The number of hydrogen-bond acceptors (Lipinski definition) is 8. The molecule has 6 aromatic rings. The minimum atomic E-state index is -2.93. The van der Waals surface area contributed by atoms with E-state index < -0.39 is 22.6 Å². The molecule has 6 heterocycles. The van der Waals surface area contributed by atoms with E-state index in [4.69, 9.17) is 4.99 Å². The van der Waals surface area contributed by atoms with Crippen molar-refractivity contribution in [2.45, 2.75) is 91.0 Å². The zero-order valence-corrected chi connectivity index (χ0v) is 40.2. The number of hydrogen-bond donors (Lipinski definition) is 0. The van der Waals surface area contributed by atoms with E-state index in [1.165, 1.54) is 40.9 Å². The summed E-state index contributed by atoms with van der Waals surface area (Å²) in [5.74, 6) is -4.93. The Balaban J connectivity index is 0.000000170. The second-order valence-electron chi connectivity index (χ2n) is 18.2. The molecular formula is C51H50F4N8O3S2. The second-order valence-corrected chi connectivity index (χ2v) is 20.7. The lowest BCUT2D eigenvalue weighted by molar-refractivity contribution is 0.0168. The Hall–Kier alpha value is -6.46. The van der Waals surface area contributed by atoms with E-state index in [9.17, 15) is 31.4 Å². The number of carbonyl (C=O) groups is 2. The van der Waals surface area contributed by atoms with E-state index in [-0.39, 0.29) is 41.1 Å². The first-order chi connectivity index (χ1) is 32.2. The van der Waals surface area contributed by atoms with Crippen LogP contribution in [-0.4, -0.2) is 85.6 Å². The lowest BCUT2D eigenvalue weighted by atomic mass is 10.1. The van der Waals surface area contributed by atoms with Crippen molar-refractivity contribution in [1.82, 2.24) is 18.9 Å². The highest BCUT2D eigenvalue weighted by Crippen LogP contribution is 2.43. The molecule has 2 amide bonds. The first kappa shape index (κ1) is 46.6. The largest absolute Gasteiger partial charge is 0.335 e. The standard InChI is InChI=1S/C26H26F2N4O2S.C25H24F2N4OS/c1-25(2)16-32-20-15-31(14-17-10-12-18(13-11-17)26(3,27)28)23(35(34)19-8-6-5-7-9-19)21(20)22(33)30(4)24(32)29-25;1-16-13-31-20-15-30(14-17-9-11-18(12-10-17)25(2,26)27)23(33-19-7-5-4-6-8-19)21(20)22(32)29(3)24(31)28-16/h5-13,15H,14,16H2,1-4H3;4-12,15-16H,13-14H2,1-3H3. The molecule has 0 saturated heterocycles. The van der Waals surface area contributed by atoms with Gasteiger partial charge >= 0.3 is 0 Å². The topological polar surface area (TPSA) is 98.8 Å². The maximum atomic E-state index is 13.8. The quantitative estimate of drug-likeness (QED) is 0.127. The molecule has 0 fully saturated rings. The van der Waals surface area contributed by atoms with Gasteiger partial charge in [-0.2, -0.15) is 0 Å². The molecule has 2 unspecified atom stereocenters. The summed E-state index contributed by atoms with van der Waals surface area (Å²) in [4.78, 5) is 45.1. The van der Waals surface area contributed by atoms with Gasteiger partial charge in [-0.05, 0) is 56.2 Å². The molecule has 0 radical (unpaired) electrons. The minimum absolute atomic E-state index is 0.0133. The average Bonchev–Trinajstić information content (AvgIpc) is 4.06. The maximum absolute atomic E-state index is 13.8. The van der Waals surface area contributed by atoms with Gasteiger partial charge in [0.15, 0.2) is 0 Å². The Bertz CT molecular complexity index is 3000. The summed E-state index contributed by atoms with van der Waals surface area (Å²) < 4.78 is 72.3. The van der Waals surface area contributed by atoms with Gasteiger partial charge in [0.05, 0.1) is 45.7 Å². The molecule has 4 aromatic carbocycles. The van der Waals surface area contributed by atoms with E-state index in [2.05, 4.69) is 9.89 Å². The number of aliphatic imine (C=N–C) groups is 2. The summed E-state index contributed by atoms with van der Waals surface area (Å²) in [5, 5.41) is 1.22. The van der Waals surface area contributed by atoms with Gasteiger partial charge in [-0.15, -0.1) is 0 Å². The summed E-state index contributed by atoms with van der Waals surface area (Å²) in [7, 11) is 1.79. The zero-order valence-electron chi connectivity index (χ0n) is 38.6. The van der Waals surface area contributed by atoms with E-state index in [0.29, 0.717) is 58.3 Å². The van der Waals surface area contributed by atoms with Crippen LogP contribution in [0, 0.1) is 0 Å². The molecule has 352 valence electrons. The van der Waals surface area contributed by atoms with Gasteiger partial charge in [0.25, 0.3) is 23.7 Å². The molecule has 10 rings (SSSR count). The molecule has 0 saturated carbocycles. The SMILES string of the molecule is CC1CN2C(=N1)N(C)C(=O)c1c2cn(Cc2ccc(C(C)(F)F)cc2)c1Sc1ccccc1.CN1C(=O)c2c(cn(Cc3ccc(C(C)(F)F)cc3)c2S(=O)c2ccccc2)N2CC(C)(C)N=C12. The van der Waals surface area contributed by atoms with Crippen LogP contribution in [0.3, 0.4) is 0 Å². The fraction of sp³-hybridized carbons (Fsp3) is 0.294. The van der Waals surface area contributed by atoms with Crippen molar-refractivity contribution in [3.63, 3.8) is 0 Å². The normalized spacial score (nSPS) is 17.8. The first-order valence-corrected chi connectivity index (χ1v) is 24.0. The Morgan fingerprint density at radius 1 is 0.691 bits per heavy atom. The number of benzene rings is 4. The van der Waals surface area contributed by atoms with Crippen LogP contribution in [-0.2, 0) is 35.7 Å². The number of amides is 2. The molecule has 0 spiro atoms. The maximum Gasteiger partial charge on any atom is 0.270 e.